The smallest absolute Gasteiger partial charge is 0.0594 e. The molecule has 0 amide bonds. The molecule has 0 aliphatic carbocycles. The second-order valence-corrected chi connectivity index (χ2v) is 5.11. The Balaban J connectivity index is 2.41. The van der Waals surface area contributed by atoms with Gasteiger partial charge in [-0.15, -0.1) is 0 Å². The average Bonchev–Trinajstić information content (AvgIpc) is 2.38. The molecule has 0 fully saturated rings. The number of rotatable bonds is 4. The highest BCUT2D eigenvalue weighted by molar-refractivity contribution is 6.30. The minimum Gasteiger partial charge on any atom is -0.306 e. The molecular formula is C16H19ClN2. The third-order valence-electron chi connectivity index (χ3n) is 3.19. The van der Waals surface area contributed by atoms with Crippen LogP contribution in [0.25, 0.3) is 0 Å². The molecule has 3 heteroatoms. The zero-order valence-corrected chi connectivity index (χ0v) is 12.3. The van der Waals surface area contributed by atoms with Crippen LogP contribution in [0.5, 0.6) is 0 Å². The Labute approximate surface area is 119 Å². The van der Waals surface area contributed by atoms with Gasteiger partial charge in [0.15, 0.2) is 0 Å². The molecule has 0 aliphatic heterocycles. The minimum absolute atomic E-state index is 0.162. The lowest BCUT2D eigenvalue weighted by Crippen LogP contribution is -2.23. The number of halogens is 1. The molecule has 0 spiro atoms. The molecule has 19 heavy (non-hydrogen) atoms. The average molecular weight is 275 g/mol. The van der Waals surface area contributed by atoms with Crippen molar-refractivity contribution < 1.29 is 0 Å². The standard InChI is InChI=1S/C16H19ClN2/c1-4-18-16(13-6-8-14(17)9-7-13)15-10-5-11(2)19-12(15)3/h5-10,16,18H,4H2,1-3H3. The van der Waals surface area contributed by atoms with Crippen LogP contribution in [0.4, 0.5) is 0 Å². The van der Waals surface area contributed by atoms with Gasteiger partial charge in [0.25, 0.3) is 0 Å². The molecule has 0 saturated heterocycles. The normalized spacial score (nSPS) is 12.4. The monoisotopic (exact) mass is 274 g/mol. The molecule has 1 atom stereocenters. The van der Waals surface area contributed by atoms with Gasteiger partial charge in [-0.2, -0.15) is 0 Å². The summed E-state index contributed by atoms with van der Waals surface area (Å²) in [6.45, 7) is 7.09. The number of aromatic nitrogens is 1. The van der Waals surface area contributed by atoms with Crippen molar-refractivity contribution in [1.82, 2.24) is 10.3 Å². The minimum atomic E-state index is 0.162. The first-order chi connectivity index (χ1) is 9.11. The fourth-order valence-electron chi connectivity index (χ4n) is 2.27. The molecule has 0 radical (unpaired) electrons. The Morgan fingerprint density at radius 2 is 1.79 bits per heavy atom. The van der Waals surface area contributed by atoms with E-state index in [2.05, 4.69) is 48.4 Å². The van der Waals surface area contributed by atoms with E-state index < -0.39 is 0 Å². The highest BCUT2D eigenvalue weighted by atomic mass is 35.5. The van der Waals surface area contributed by atoms with E-state index in [4.69, 9.17) is 11.6 Å². The summed E-state index contributed by atoms with van der Waals surface area (Å²) < 4.78 is 0. The summed E-state index contributed by atoms with van der Waals surface area (Å²) in [4.78, 5) is 4.55. The summed E-state index contributed by atoms with van der Waals surface area (Å²) in [5.74, 6) is 0. The molecule has 100 valence electrons. The van der Waals surface area contributed by atoms with E-state index in [-0.39, 0.29) is 6.04 Å². The van der Waals surface area contributed by atoms with Crippen LogP contribution in [0.15, 0.2) is 36.4 Å². The van der Waals surface area contributed by atoms with Gasteiger partial charge in [-0.1, -0.05) is 36.7 Å². The largest absolute Gasteiger partial charge is 0.306 e. The Bertz CT molecular complexity index is 549. The Kier molecular flexibility index (Phi) is 4.56. The molecular weight excluding hydrogens is 256 g/mol. The summed E-state index contributed by atoms with van der Waals surface area (Å²) >= 11 is 5.96. The van der Waals surface area contributed by atoms with Crippen LogP contribution in [0, 0.1) is 13.8 Å². The van der Waals surface area contributed by atoms with Crippen molar-refractivity contribution in [2.24, 2.45) is 0 Å². The first-order valence-electron chi connectivity index (χ1n) is 6.54. The van der Waals surface area contributed by atoms with Crippen LogP contribution in [0.3, 0.4) is 0 Å². The molecule has 1 aromatic carbocycles. The predicted octanol–water partition coefficient (Wildman–Crippen LogP) is 4.05. The van der Waals surface area contributed by atoms with Crippen LogP contribution in [0.2, 0.25) is 5.02 Å². The third-order valence-corrected chi connectivity index (χ3v) is 3.44. The molecule has 2 rings (SSSR count). The van der Waals surface area contributed by atoms with Gasteiger partial charge in [0.1, 0.15) is 0 Å². The molecule has 0 aliphatic rings. The van der Waals surface area contributed by atoms with Crippen molar-refractivity contribution in [3.8, 4) is 0 Å². The lowest BCUT2D eigenvalue weighted by atomic mass is 9.97. The summed E-state index contributed by atoms with van der Waals surface area (Å²) in [5.41, 5.74) is 4.54. The maximum atomic E-state index is 5.96. The van der Waals surface area contributed by atoms with Crippen LogP contribution >= 0.6 is 11.6 Å². The molecule has 0 saturated carbocycles. The number of hydrogen-bond donors (Lipinski definition) is 1. The Hall–Kier alpha value is -1.38. The van der Waals surface area contributed by atoms with Crippen molar-refractivity contribution in [1.29, 1.82) is 0 Å². The SMILES string of the molecule is CCNC(c1ccc(Cl)cc1)c1ccc(C)nc1C. The van der Waals surface area contributed by atoms with Crippen molar-refractivity contribution >= 4 is 11.6 Å². The van der Waals surface area contributed by atoms with E-state index in [0.29, 0.717) is 0 Å². The second-order valence-electron chi connectivity index (χ2n) is 4.67. The molecule has 1 aromatic heterocycles. The number of pyridine rings is 1. The summed E-state index contributed by atoms with van der Waals surface area (Å²) in [6.07, 6.45) is 0. The van der Waals surface area contributed by atoms with E-state index in [1.807, 2.05) is 19.1 Å². The number of benzene rings is 1. The molecule has 1 unspecified atom stereocenters. The summed E-state index contributed by atoms with van der Waals surface area (Å²) in [5, 5.41) is 4.27. The fraction of sp³-hybridized carbons (Fsp3) is 0.312. The van der Waals surface area contributed by atoms with Crippen LogP contribution in [-0.4, -0.2) is 11.5 Å². The summed E-state index contributed by atoms with van der Waals surface area (Å²) in [6, 6.07) is 12.4. The number of hydrogen-bond acceptors (Lipinski definition) is 2. The number of nitrogens with zero attached hydrogens (tertiary/aromatic N) is 1. The lowest BCUT2D eigenvalue weighted by Gasteiger charge is -2.20. The Morgan fingerprint density at radius 1 is 1.11 bits per heavy atom. The van der Waals surface area contributed by atoms with Gasteiger partial charge in [0.2, 0.25) is 0 Å². The Morgan fingerprint density at radius 3 is 2.37 bits per heavy atom. The van der Waals surface area contributed by atoms with Crippen LogP contribution in [-0.2, 0) is 0 Å². The van der Waals surface area contributed by atoms with E-state index in [1.54, 1.807) is 0 Å². The van der Waals surface area contributed by atoms with Gasteiger partial charge in [0, 0.05) is 16.4 Å². The van der Waals surface area contributed by atoms with Gasteiger partial charge >= 0.3 is 0 Å². The quantitative estimate of drug-likeness (QED) is 0.910. The van der Waals surface area contributed by atoms with Gasteiger partial charge in [0.05, 0.1) is 6.04 Å². The molecule has 2 aromatic rings. The van der Waals surface area contributed by atoms with E-state index >= 15 is 0 Å². The van der Waals surface area contributed by atoms with E-state index in [9.17, 15) is 0 Å². The zero-order chi connectivity index (χ0) is 13.8. The summed E-state index contributed by atoms with van der Waals surface area (Å²) in [7, 11) is 0. The van der Waals surface area contributed by atoms with E-state index in [0.717, 1.165) is 23.0 Å². The highest BCUT2D eigenvalue weighted by Crippen LogP contribution is 2.25. The molecule has 2 nitrogen and oxygen atoms in total. The second kappa shape index (κ2) is 6.18. The lowest BCUT2D eigenvalue weighted by molar-refractivity contribution is 0.624. The topological polar surface area (TPSA) is 24.9 Å². The van der Waals surface area contributed by atoms with Crippen molar-refractivity contribution in [2.75, 3.05) is 6.54 Å². The maximum Gasteiger partial charge on any atom is 0.0594 e. The highest BCUT2D eigenvalue weighted by Gasteiger charge is 2.15. The van der Waals surface area contributed by atoms with Crippen LogP contribution in [0.1, 0.15) is 35.5 Å². The zero-order valence-electron chi connectivity index (χ0n) is 11.6. The number of nitrogens with one attached hydrogen (secondary N) is 1. The first kappa shape index (κ1) is 14.0. The van der Waals surface area contributed by atoms with Gasteiger partial charge < -0.3 is 5.32 Å². The van der Waals surface area contributed by atoms with E-state index in [1.165, 1.54) is 11.1 Å². The number of aryl methyl sites for hydroxylation is 2. The molecule has 1 heterocycles. The van der Waals surface area contributed by atoms with Crippen molar-refractivity contribution in [3.63, 3.8) is 0 Å². The van der Waals surface area contributed by atoms with Gasteiger partial charge in [-0.3, -0.25) is 4.98 Å². The van der Waals surface area contributed by atoms with Crippen molar-refractivity contribution in [2.45, 2.75) is 26.8 Å². The predicted molar refractivity (Wildman–Crippen MR) is 80.7 cm³/mol. The van der Waals surface area contributed by atoms with Crippen LogP contribution < -0.4 is 5.32 Å². The van der Waals surface area contributed by atoms with Gasteiger partial charge in [-0.25, -0.2) is 0 Å². The molecule has 0 bridgehead atoms. The first-order valence-corrected chi connectivity index (χ1v) is 6.92. The maximum absolute atomic E-state index is 5.96. The van der Waals surface area contributed by atoms with Gasteiger partial charge in [-0.05, 0) is 49.7 Å². The third kappa shape index (κ3) is 3.34. The van der Waals surface area contributed by atoms with Crippen molar-refractivity contribution in [3.05, 3.63) is 63.9 Å². The molecule has 1 N–H and O–H groups in total. The fourth-order valence-corrected chi connectivity index (χ4v) is 2.40.